The number of nitrogens with two attached hydrogens (primary N) is 1. The first-order valence-electron chi connectivity index (χ1n) is 6.89. The number of benzene rings is 1. The van der Waals surface area contributed by atoms with E-state index in [9.17, 15) is 4.79 Å². The van der Waals surface area contributed by atoms with Gasteiger partial charge in [-0.05, 0) is 37.8 Å². The van der Waals surface area contributed by atoms with E-state index in [1.165, 1.54) is 0 Å². The zero-order valence-electron chi connectivity index (χ0n) is 11.7. The maximum atomic E-state index is 12.3. The number of carbonyl (C=O) groups excluding carboxylic acids is 1. The second-order valence-corrected chi connectivity index (χ2v) is 5.69. The summed E-state index contributed by atoms with van der Waals surface area (Å²) >= 11 is 6.24. The Morgan fingerprint density at radius 1 is 1.50 bits per heavy atom. The van der Waals surface area contributed by atoms with E-state index >= 15 is 0 Å². The molecule has 2 unspecified atom stereocenters. The molecule has 20 heavy (non-hydrogen) atoms. The lowest BCUT2D eigenvalue weighted by Gasteiger charge is -2.26. The zero-order valence-corrected chi connectivity index (χ0v) is 13.3. The van der Waals surface area contributed by atoms with Crippen molar-refractivity contribution >= 4 is 29.9 Å². The number of likely N-dealkylation sites (tertiary alicyclic amines) is 1. The lowest BCUT2D eigenvalue weighted by Crippen LogP contribution is -2.31. The van der Waals surface area contributed by atoms with Crippen LogP contribution in [-0.4, -0.2) is 23.4 Å². The highest BCUT2D eigenvalue weighted by Crippen LogP contribution is 2.36. The van der Waals surface area contributed by atoms with Crippen molar-refractivity contribution in [3.05, 3.63) is 34.9 Å². The molecule has 0 saturated carbocycles. The number of hydrogen-bond acceptors (Lipinski definition) is 2. The summed E-state index contributed by atoms with van der Waals surface area (Å²) in [5.41, 5.74) is 6.78. The predicted molar refractivity (Wildman–Crippen MR) is 85.3 cm³/mol. The summed E-state index contributed by atoms with van der Waals surface area (Å²) in [7, 11) is 0. The quantitative estimate of drug-likeness (QED) is 0.923. The van der Waals surface area contributed by atoms with Crippen LogP contribution in [0.1, 0.15) is 44.2 Å². The molecule has 5 heteroatoms. The van der Waals surface area contributed by atoms with E-state index in [-0.39, 0.29) is 30.4 Å². The molecule has 112 valence electrons. The normalized spacial score (nSPS) is 19.6. The first-order chi connectivity index (χ1) is 9.09. The Balaban J connectivity index is 0.00000200. The van der Waals surface area contributed by atoms with E-state index in [0.717, 1.165) is 36.4 Å². The van der Waals surface area contributed by atoms with Crippen LogP contribution in [0, 0.1) is 0 Å². The van der Waals surface area contributed by atoms with E-state index in [2.05, 4.69) is 0 Å². The van der Waals surface area contributed by atoms with Crippen molar-refractivity contribution in [1.29, 1.82) is 0 Å². The van der Waals surface area contributed by atoms with Crippen LogP contribution in [0.15, 0.2) is 24.3 Å². The van der Waals surface area contributed by atoms with Gasteiger partial charge in [0, 0.05) is 24.0 Å². The predicted octanol–water partition coefficient (Wildman–Crippen LogP) is 3.55. The molecule has 1 aliphatic rings. The van der Waals surface area contributed by atoms with Gasteiger partial charge in [0.2, 0.25) is 5.91 Å². The van der Waals surface area contributed by atoms with Crippen molar-refractivity contribution in [2.24, 2.45) is 5.73 Å². The third-order valence-electron chi connectivity index (χ3n) is 3.65. The molecular formula is C15H22Cl2N2O. The maximum absolute atomic E-state index is 12.3. The van der Waals surface area contributed by atoms with Crippen molar-refractivity contribution < 1.29 is 4.79 Å². The fraction of sp³-hybridized carbons (Fsp3) is 0.533. The Morgan fingerprint density at radius 2 is 2.20 bits per heavy atom. The Bertz CT molecular complexity index is 451. The van der Waals surface area contributed by atoms with Crippen LogP contribution in [0.4, 0.5) is 0 Å². The highest BCUT2D eigenvalue weighted by Gasteiger charge is 2.30. The standard InChI is InChI=1S/C15H21ClN2O.ClH/c1-11(17)8-9-15(19)18-10-4-7-14(18)12-5-2-3-6-13(12)16;/h2-3,5-6,11,14H,4,7-10,17H2,1H3;1H. The fourth-order valence-electron chi connectivity index (χ4n) is 2.63. The van der Waals surface area contributed by atoms with Crippen LogP contribution in [0.3, 0.4) is 0 Å². The highest BCUT2D eigenvalue weighted by atomic mass is 35.5. The summed E-state index contributed by atoms with van der Waals surface area (Å²) < 4.78 is 0. The van der Waals surface area contributed by atoms with Gasteiger partial charge < -0.3 is 10.6 Å². The van der Waals surface area contributed by atoms with Crippen molar-refractivity contribution in [2.75, 3.05) is 6.54 Å². The largest absolute Gasteiger partial charge is 0.336 e. The lowest BCUT2D eigenvalue weighted by molar-refractivity contribution is -0.132. The smallest absolute Gasteiger partial charge is 0.223 e. The average Bonchev–Trinajstić information content (AvgIpc) is 2.85. The molecule has 1 aliphatic heterocycles. The molecule has 0 radical (unpaired) electrons. The van der Waals surface area contributed by atoms with Crippen molar-refractivity contribution in [3.63, 3.8) is 0 Å². The molecule has 2 N–H and O–H groups in total. The van der Waals surface area contributed by atoms with Gasteiger partial charge in [0.25, 0.3) is 0 Å². The van der Waals surface area contributed by atoms with Crippen LogP contribution in [0.5, 0.6) is 0 Å². The second-order valence-electron chi connectivity index (χ2n) is 5.28. The number of rotatable bonds is 4. The summed E-state index contributed by atoms with van der Waals surface area (Å²) in [6.07, 6.45) is 3.30. The minimum Gasteiger partial charge on any atom is -0.336 e. The summed E-state index contributed by atoms with van der Waals surface area (Å²) in [6.45, 7) is 2.76. The van der Waals surface area contributed by atoms with Gasteiger partial charge in [0.1, 0.15) is 0 Å². The number of carbonyl (C=O) groups is 1. The third kappa shape index (κ3) is 4.11. The second kappa shape index (κ2) is 7.87. The van der Waals surface area contributed by atoms with Gasteiger partial charge in [0.05, 0.1) is 6.04 Å². The summed E-state index contributed by atoms with van der Waals surface area (Å²) in [6, 6.07) is 8.01. The minimum absolute atomic E-state index is 0. The molecule has 2 rings (SSSR count). The molecule has 1 aromatic carbocycles. The summed E-state index contributed by atoms with van der Waals surface area (Å²) in [5, 5.41) is 0.749. The SMILES string of the molecule is CC(N)CCC(=O)N1CCCC1c1ccccc1Cl.Cl. The molecule has 1 saturated heterocycles. The fourth-order valence-corrected chi connectivity index (χ4v) is 2.89. The number of nitrogens with zero attached hydrogens (tertiary/aromatic N) is 1. The Morgan fingerprint density at radius 3 is 2.85 bits per heavy atom. The van der Waals surface area contributed by atoms with Gasteiger partial charge in [0.15, 0.2) is 0 Å². The van der Waals surface area contributed by atoms with Gasteiger partial charge in [-0.1, -0.05) is 29.8 Å². The highest BCUT2D eigenvalue weighted by molar-refractivity contribution is 6.31. The molecule has 2 atom stereocenters. The van der Waals surface area contributed by atoms with Gasteiger partial charge in [-0.3, -0.25) is 4.79 Å². The monoisotopic (exact) mass is 316 g/mol. The van der Waals surface area contributed by atoms with Gasteiger partial charge in [-0.25, -0.2) is 0 Å². The molecule has 1 fully saturated rings. The van der Waals surface area contributed by atoms with E-state index in [4.69, 9.17) is 17.3 Å². The number of hydrogen-bond donors (Lipinski definition) is 1. The van der Waals surface area contributed by atoms with Crippen LogP contribution >= 0.6 is 24.0 Å². The van der Waals surface area contributed by atoms with Crippen LogP contribution in [-0.2, 0) is 4.79 Å². The Labute approximate surface area is 131 Å². The van der Waals surface area contributed by atoms with Gasteiger partial charge >= 0.3 is 0 Å². The minimum atomic E-state index is 0. The van der Waals surface area contributed by atoms with Crippen LogP contribution in [0.2, 0.25) is 5.02 Å². The number of amides is 1. The van der Waals surface area contributed by atoms with E-state index < -0.39 is 0 Å². The number of halogens is 2. The Hall–Kier alpha value is -0.770. The lowest BCUT2D eigenvalue weighted by atomic mass is 10.0. The molecule has 1 aromatic rings. The van der Waals surface area contributed by atoms with Crippen molar-refractivity contribution in [2.45, 2.75) is 44.7 Å². The van der Waals surface area contributed by atoms with Crippen molar-refractivity contribution in [1.82, 2.24) is 4.90 Å². The van der Waals surface area contributed by atoms with Crippen molar-refractivity contribution in [3.8, 4) is 0 Å². The van der Waals surface area contributed by atoms with E-state index in [0.29, 0.717) is 6.42 Å². The molecular weight excluding hydrogens is 295 g/mol. The maximum Gasteiger partial charge on any atom is 0.223 e. The topological polar surface area (TPSA) is 46.3 Å². The van der Waals surface area contributed by atoms with Crippen LogP contribution < -0.4 is 5.73 Å². The van der Waals surface area contributed by atoms with Gasteiger partial charge in [-0.15, -0.1) is 12.4 Å². The molecule has 1 amide bonds. The Kier molecular flexibility index (Phi) is 6.80. The van der Waals surface area contributed by atoms with E-state index in [1.54, 1.807) is 0 Å². The molecule has 0 bridgehead atoms. The summed E-state index contributed by atoms with van der Waals surface area (Å²) in [5.74, 6) is 0.194. The molecule has 0 aromatic heterocycles. The first-order valence-corrected chi connectivity index (χ1v) is 7.27. The van der Waals surface area contributed by atoms with Gasteiger partial charge in [-0.2, -0.15) is 0 Å². The zero-order chi connectivity index (χ0) is 13.8. The van der Waals surface area contributed by atoms with Crippen LogP contribution in [0.25, 0.3) is 0 Å². The van der Waals surface area contributed by atoms with E-state index in [1.807, 2.05) is 36.1 Å². The molecule has 0 aliphatic carbocycles. The third-order valence-corrected chi connectivity index (χ3v) is 4.00. The first kappa shape index (κ1) is 17.3. The molecule has 3 nitrogen and oxygen atoms in total. The molecule has 1 heterocycles. The summed E-state index contributed by atoms with van der Waals surface area (Å²) in [4.78, 5) is 14.2. The molecule has 0 spiro atoms. The average molecular weight is 317 g/mol.